The summed E-state index contributed by atoms with van der Waals surface area (Å²) < 4.78 is 6.73. The maximum absolute atomic E-state index is 5.61. The average Bonchev–Trinajstić information content (AvgIpc) is 3.41. The lowest BCUT2D eigenvalue weighted by atomic mass is 9.74. The Morgan fingerprint density at radius 1 is 1.22 bits per heavy atom. The van der Waals surface area contributed by atoms with Crippen molar-refractivity contribution in [1.29, 1.82) is 0 Å². The van der Waals surface area contributed by atoms with Crippen LogP contribution in [0, 0.1) is 5.92 Å². The van der Waals surface area contributed by atoms with E-state index in [1.807, 2.05) is 7.05 Å². The lowest BCUT2D eigenvalue weighted by Crippen LogP contribution is -2.48. The molecule has 0 aromatic heterocycles. The lowest BCUT2D eigenvalue weighted by molar-refractivity contribution is 0.0514. The van der Waals surface area contributed by atoms with Crippen molar-refractivity contribution < 1.29 is 4.74 Å². The van der Waals surface area contributed by atoms with Crippen LogP contribution in [-0.4, -0.2) is 39.3 Å². The number of benzene rings is 1. The van der Waals surface area contributed by atoms with Gasteiger partial charge in [0.1, 0.15) is 0 Å². The van der Waals surface area contributed by atoms with E-state index in [4.69, 9.17) is 4.74 Å². The van der Waals surface area contributed by atoms with Gasteiger partial charge in [0.05, 0.1) is 0 Å². The third-order valence-corrected chi connectivity index (χ3v) is 5.51. The molecule has 1 saturated carbocycles. The van der Waals surface area contributed by atoms with Crippen LogP contribution < -0.4 is 10.6 Å². The first-order valence-corrected chi connectivity index (χ1v) is 9.29. The highest BCUT2D eigenvalue weighted by atomic mass is 79.9. The maximum Gasteiger partial charge on any atom is 0.191 e. The van der Waals surface area contributed by atoms with E-state index in [1.165, 1.54) is 18.4 Å². The van der Waals surface area contributed by atoms with Gasteiger partial charge >= 0.3 is 0 Å². The molecule has 0 radical (unpaired) electrons. The third-order valence-electron chi connectivity index (χ3n) is 4.98. The van der Waals surface area contributed by atoms with Gasteiger partial charge in [0, 0.05) is 43.2 Å². The number of nitrogens with one attached hydrogen (secondary N) is 2. The zero-order valence-electron chi connectivity index (χ0n) is 13.8. The van der Waals surface area contributed by atoms with Crippen molar-refractivity contribution in [1.82, 2.24) is 10.6 Å². The van der Waals surface area contributed by atoms with Crippen molar-refractivity contribution >= 4 is 21.9 Å². The molecule has 0 spiro atoms. The molecule has 0 unspecified atom stereocenters. The Morgan fingerprint density at radius 2 is 1.91 bits per heavy atom. The number of hydrogen-bond acceptors (Lipinski definition) is 2. The second-order valence-corrected chi connectivity index (χ2v) is 7.57. The topological polar surface area (TPSA) is 45.7 Å². The van der Waals surface area contributed by atoms with Crippen molar-refractivity contribution in [2.45, 2.75) is 31.1 Å². The fourth-order valence-corrected chi connectivity index (χ4v) is 3.43. The Labute approximate surface area is 147 Å². The molecule has 1 aliphatic heterocycles. The number of nitrogens with zero attached hydrogens (tertiary/aromatic N) is 1. The minimum absolute atomic E-state index is 0.121. The zero-order valence-corrected chi connectivity index (χ0v) is 15.4. The molecule has 2 N–H and O–H groups in total. The van der Waals surface area contributed by atoms with Crippen molar-refractivity contribution in [3.05, 3.63) is 34.3 Å². The van der Waals surface area contributed by atoms with Gasteiger partial charge < -0.3 is 15.4 Å². The molecule has 1 saturated heterocycles. The van der Waals surface area contributed by atoms with Crippen LogP contribution in [0.5, 0.6) is 0 Å². The van der Waals surface area contributed by atoms with Crippen molar-refractivity contribution in [2.24, 2.45) is 10.9 Å². The molecule has 3 rings (SSSR count). The average molecular weight is 380 g/mol. The zero-order chi connectivity index (χ0) is 16.1. The predicted molar refractivity (Wildman–Crippen MR) is 98.0 cm³/mol. The Balaban J connectivity index is 1.67. The predicted octanol–water partition coefficient (Wildman–Crippen LogP) is 3.07. The van der Waals surface area contributed by atoms with E-state index >= 15 is 0 Å². The van der Waals surface area contributed by atoms with E-state index in [1.54, 1.807) is 0 Å². The van der Waals surface area contributed by atoms with Gasteiger partial charge in [0.2, 0.25) is 0 Å². The summed E-state index contributed by atoms with van der Waals surface area (Å²) in [6.07, 6.45) is 4.79. The molecule has 1 heterocycles. The van der Waals surface area contributed by atoms with Gasteiger partial charge in [0.25, 0.3) is 0 Å². The summed E-state index contributed by atoms with van der Waals surface area (Å²) in [4.78, 5) is 4.37. The van der Waals surface area contributed by atoms with Gasteiger partial charge in [-0.25, -0.2) is 0 Å². The Bertz CT molecular complexity index is 534. The van der Waals surface area contributed by atoms with E-state index in [0.29, 0.717) is 0 Å². The van der Waals surface area contributed by atoms with Gasteiger partial charge in [-0.15, -0.1) is 0 Å². The number of aliphatic imine (C=N–C) groups is 1. The molecular formula is C18H26BrN3O. The van der Waals surface area contributed by atoms with Crippen LogP contribution in [0.15, 0.2) is 33.7 Å². The molecular weight excluding hydrogens is 354 g/mol. The first-order valence-electron chi connectivity index (χ1n) is 8.50. The Morgan fingerprint density at radius 3 is 2.52 bits per heavy atom. The molecule has 1 aromatic carbocycles. The van der Waals surface area contributed by atoms with Crippen molar-refractivity contribution in [3.63, 3.8) is 0 Å². The molecule has 126 valence electrons. The standard InChI is InChI=1S/C18H26BrN3O/c1-20-17(21-12-14-2-3-14)22-13-18(8-10-23-11-9-18)15-4-6-16(19)7-5-15/h4-7,14H,2-3,8-13H2,1H3,(H2,20,21,22). The van der Waals surface area contributed by atoms with E-state index in [2.05, 4.69) is 55.8 Å². The van der Waals surface area contributed by atoms with E-state index in [-0.39, 0.29) is 5.41 Å². The van der Waals surface area contributed by atoms with Gasteiger partial charge in [-0.1, -0.05) is 28.1 Å². The van der Waals surface area contributed by atoms with Gasteiger partial charge in [-0.05, 0) is 49.3 Å². The summed E-state index contributed by atoms with van der Waals surface area (Å²) in [5.41, 5.74) is 1.50. The largest absolute Gasteiger partial charge is 0.381 e. The highest BCUT2D eigenvalue weighted by molar-refractivity contribution is 9.10. The summed E-state index contributed by atoms with van der Waals surface area (Å²) >= 11 is 3.53. The smallest absolute Gasteiger partial charge is 0.191 e. The fourth-order valence-electron chi connectivity index (χ4n) is 3.17. The SMILES string of the molecule is CN=C(NCC1CC1)NCC1(c2ccc(Br)cc2)CCOCC1. The minimum Gasteiger partial charge on any atom is -0.381 e. The highest BCUT2D eigenvalue weighted by Crippen LogP contribution is 2.35. The molecule has 1 aliphatic carbocycles. The van der Waals surface area contributed by atoms with Crippen LogP contribution in [0.25, 0.3) is 0 Å². The van der Waals surface area contributed by atoms with Crippen LogP contribution in [-0.2, 0) is 10.2 Å². The molecule has 23 heavy (non-hydrogen) atoms. The number of hydrogen-bond donors (Lipinski definition) is 2. The number of rotatable bonds is 5. The molecule has 4 nitrogen and oxygen atoms in total. The number of ether oxygens (including phenoxy) is 1. The highest BCUT2D eigenvalue weighted by Gasteiger charge is 2.34. The second-order valence-electron chi connectivity index (χ2n) is 6.65. The summed E-state index contributed by atoms with van der Waals surface area (Å²) in [6, 6.07) is 8.73. The van der Waals surface area contributed by atoms with Crippen LogP contribution >= 0.6 is 15.9 Å². The molecule has 0 amide bonds. The molecule has 1 aromatic rings. The quantitative estimate of drug-likeness (QED) is 0.610. The van der Waals surface area contributed by atoms with Crippen LogP contribution in [0.4, 0.5) is 0 Å². The second kappa shape index (κ2) is 7.67. The van der Waals surface area contributed by atoms with Gasteiger partial charge in [0.15, 0.2) is 5.96 Å². The monoisotopic (exact) mass is 379 g/mol. The summed E-state index contributed by atoms with van der Waals surface area (Å²) in [5, 5.41) is 7.00. The number of halogens is 1. The van der Waals surface area contributed by atoms with Crippen molar-refractivity contribution in [2.75, 3.05) is 33.4 Å². The van der Waals surface area contributed by atoms with Gasteiger partial charge in [-0.3, -0.25) is 4.99 Å². The Kier molecular flexibility index (Phi) is 5.59. The van der Waals surface area contributed by atoms with Crippen LogP contribution in [0.1, 0.15) is 31.2 Å². The number of guanidine groups is 1. The molecule has 0 atom stereocenters. The maximum atomic E-state index is 5.61. The molecule has 2 fully saturated rings. The minimum atomic E-state index is 0.121. The fraction of sp³-hybridized carbons (Fsp3) is 0.611. The summed E-state index contributed by atoms with van der Waals surface area (Å²) in [5.74, 6) is 1.76. The van der Waals surface area contributed by atoms with Gasteiger partial charge in [-0.2, -0.15) is 0 Å². The lowest BCUT2D eigenvalue weighted by Gasteiger charge is -2.38. The first kappa shape index (κ1) is 16.8. The summed E-state index contributed by atoms with van der Waals surface area (Å²) in [7, 11) is 1.85. The van der Waals surface area contributed by atoms with Crippen molar-refractivity contribution in [3.8, 4) is 0 Å². The van der Waals surface area contributed by atoms with E-state index in [9.17, 15) is 0 Å². The Hall–Kier alpha value is -1.07. The normalized spacial score (nSPS) is 21.0. The van der Waals surface area contributed by atoms with E-state index < -0.39 is 0 Å². The first-order chi connectivity index (χ1) is 11.2. The molecule has 0 bridgehead atoms. The molecule has 2 aliphatic rings. The third kappa shape index (κ3) is 4.48. The van der Waals surface area contributed by atoms with Crippen LogP contribution in [0.3, 0.4) is 0 Å². The summed E-state index contributed by atoms with van der Waals surface area (Å²) in [6.45, 7) is 3.58. The van der Waals surface area contributed by atoms with E-state index in [0.717, 1.165) is 55.5 Å². The molecule has 5 heteroatoms. The van der Waals surface area contributed by atoms with Crippen LogP contribution in [0.2, 0.25) is 0 Å².